The van der Waals surface area contributed by atoms with Gasteiger partial charge in [-0.3, -0.25) is 0 Å². The molecule has 17 heavy (non-hydrogen) atoms. The Balaban J connectivity index is 2.39. The normalized spacial score (nSPS) is 10.8. The Morgan fingerprint density at radius 1 is 1.29 bits per heavy atom. The van der Waals surface area contributed by atoms with Crippen molar-refractivity contribution >= 4 is 32.4 Å². The summed E-state index contributed by atoms with van der Waals surface area (Å²) >= 11 is 5.22. The summed E-state index contributed by atoms with van der Waals surface area (Å²) in [5.41, 5.74) is 10.7. The van der Waals surface area contributed by atoms with Crippen LogP contribution in [0.15, 0.2) is 16.6 Å². The fourth-order valence-corrected chi connectivity index (χ4v) is 3.60. The van der Waals surface area contributed by atoms with Gasteiger partial charge in [0.25, 0.3) is 0 Å². The molecule has 2 aromatic rings. The van der Waals surface area contributed by atoms with Gasteiger partial charge in [0.15, 0.2) is 5.13 Å². The number of anilines is 1. The van der Waals surface area contributed by atoms with Gasteiger partial charge in [-0.05, 0) is 43.5 Å². The number of aryl methyl sites for hydroxylation is 3. The highest BCUT2D eigenvalue weighted by molar-refractivity contribution is 9.10. The van der Waals surface area contributed by atoms with Gasteiger partial charge < -0.3 is 5.73 Å². The van der Waals surface area contributed by atoms with Crippen molar-refractivity contribution in [2.75, 3.05) is 5.73 Å². The van der Waals surface area contributed by atoms with Crippen LogP contribution in [-0.4, -0.2) is 4.98 Å². The molecule has 2 rings (SSSR count). The van der Waals surface area contributed by atoms with Crippen molar-refractivity contribution in [1.29, 1.82) is 0 Å². The predicted octanol–water partition coefficient (Wildman–Crippen LogP) is 4.00. The molecular weight excluding hydrogens is 296 g/mol. The lowest BCUT2D eigenvalue weighted by atomic mass is 10.0. The van der Waals surface area contributed by atoms with Crippen LogP contribution in [0.3, 0.4) is 0 Å². The largest absolute Gasteiger partial charge is 0.375 e. The maximum Gasteiger partial charge on any atom is 0.180 e. The number of halogens is 1. The number of hydrogen-bond donors (Lipinski definition) is 1. The maximum absolute atomic E-state index is 5.73. The van der Waals surface area contributed by atoms with Gasteiger partial charge in [0.1, 0.15) is 0 Å². The van der Waals surface area contributed by atoms with Crippen LogP contribution in [0, 0.1) is 20.8 Å². The molecule has 0 fully saturated rings. The van der Waals surface area contributed by atoms with E-state index in [1.54, 1.807) is 11.3 Å². The molecule has 0 aliphatic rings. The van der Waals surface area contributed by atoms with Gasteiger partial charge in [0.05, 0.1) is 5.69 Å². The lowest BCUT2D eigenvalue weighted by Gasteiger charge is -2.09. The molecule has 2 N–H and O–H groups in total. The molecule has 0 atom stereocenters. The second-order valence-corrected chi connectivity index (χ2v) is 6.25. The van der Waals surface area contributed by atoms with Crippen LogP contribution in [-0.2, 0) is 6.42 Å². The number of thiazole rings is 1. The van der Waals surface area contributed by atoms with Gasteiger partial charge in [0, 0.05) is 15.8 Å². The molecule has 0 spiro atoms. The van der Waals surface area contributed by atoms with Crippen LogP contribution in [0.4, 0.5) is 5.13 Å². The number of nitrogens with two attached hydrogens (primary N) is 1. The average molecular weight is 311 g/mol. The zero-order valence-electron chi connectivity index (χ0n) is 10.2. The van der Waals surface area contributed by atoms with Gasteiger partial charge in [-0.2, -0.15) is 0 Å². The molecule has 1 heterocycles. The molecule has 0 aliphatic heterocycles. The van der Waals surface area contributed by atoms with Crippen molar-refractivity contribution in [3.8, 4) is 0 Å². The minimum absolute atomic E-state index is 0.651. The molecular formula is C13H15BrN2S. The summed E-state index contributed by atoms with van der Waals surface area (Å²) in [6.07, 6.45) is 0.896. The SMILES string of the molecule is Cc1cc(C)c(Cc2sc(N)nc2C)c(Br)c1. The summed E-state index contributed by atoms with van der Waals surface area (Å²) in [4.78, 5) is 5.51. The van der Waals surface area contributed by atoms with E-state index in [2.05, 4.69) is 46.9 Å². The summed E-state index contributed by atoms with van der Waals surface area (Å²) in [5, 5.41) is 0.651. The van der Waals surface area contributed by atoms with E-state index < -0.39 is 0 Å². The highest BCUT2D eigenvalue weighted by Crippen LogP contribution is 2.29. The van der Waals surface area contributed by atoms with Gasteiger partial charge in [0.2, 0.25) is 0 Å². The Labute approximate surface area is 114 Å². The van der Waals surface area contributed by atoms with Gasteiger partial charge in [-0.15, -0.1) is 11.3 Å². The Hall–Kier alpha value is -0.870. The zero-order chi connectivity index (χ0) is 12.6. The topological polar surface area (TPSA) is 38.9 Å². The molecule has 0 saturated heterocycles. The van der Waals surface area contributed by atoms with Crippen molar-refractivity contribution in [2.45, 2.75) is 27.2 Å². The number of hydrogen-bond acceptors (Lipinski definition) is 3. The first-order valence-corrected chi connectivity index (χ1v) is 7.05. The molecule has 4 heteroatoms. The van der Waals surface area contributed by atoms with E-state index in [-0.39, 0.29) is 0 Å². The molecule has 1 aromatic carbocycles. The van der Waals surface area contributed by atoms with Gasteiger partial charge in [-0.25, -0.2) is 4.98 Å². The monoisotopic (exact) mass is 310 g/mol. The van der Waals surface area contributed by atoms with Crippen LogP contribution in [0.5, 0.6) is 0 Å². The van der Waals surface area contributed by atoms with E-state index in [4.69, 9.17) is 5.73 Å². The second kappa shape index (κ2) is 4.78. The molecule has 0 bridgehead atoms. The summed E-state index contributed by atoms with van der Waals surface area (Å²) in [6, 6.07) is 4.36. The minimum atomic E-state index is 0.651. The third-order valence-electron chi connectivity index (χ3n) is 2.81. The number of nitrogen functional groups attached to an aromatic ring is 1. The van der Waals surface area contributed by atoms with E-state index >= 15 is 0 Å². The van der Waals surface area contributed by atoms with Crippen molar-refractivity contribution < 1.29 is 0 Å². The summed E-state index contributed by atoms with van der Waals surface area (Å²) in [6.45, 7) is 6.27. The molecule has 2 nitrogen and oxygen atoms in total. The first-order chi connectivity index (χ1) is 7.97. The Bertz CT molecular complexity index is 538. The Morgan fingerprint density at radius 2 is 2.00 bits per heavy atom. The molecule has 0 aliphatic carbocycles. The van der Waals surface area contributed by atoms with E-state index in [0.717, 1.165) is 12.1 Å². The molecule has 0 unspecified atom stereocenters. The molecule has 0 radical (unpaired) electrons. The van der Waals surface area contributed by atoms with Crippen molar-refractivity contribution in [2.24, 2.45) is 0 Å². The number of aromatic nitrogens is 1. The second-order valence-electron chi connectivity index (χ2n) is 4.28. The lowest BCUT2D eigenvalue weighted by Crippen LogP contribution is -1.94. The molecule has 0 saturated carbocycles. The van der Waals surface area contributed by atoms with Crippen molar-refractivity contribution in [3.63, 3.8) is 0 Å². The first-order valence-electron chi connectivity index (χ1n) is 5.44. The molecule has 0 amide bonds. The maximum atomic E-state index is 5.73. The number of rotatable bonds is 2. The van der Waals surface area contributed by atoms with Crippen molar-refractivity contribution in [1.82, 2.24) is 4.98 Å². The number of nitrogens with zero attached hydrogens (tertiary/aromatic N) is 1. The van der Waals surface area contributed by atoms with E-state index in [0.29, 0.717) is 5.13 Å². The van der Waals surface area contributed by atoms with Crippen LogP contribution in [0.25, 0.3) is 0 Å². The fourth-order valence-electron chi connectivity index (χ4n) is 1.94. The van der Waals surface area contributed by atoms with Crippen molar-refractivity contribution in [3.05, 3.63) is 43.9 Å². The highest BCUT2D eigenvalue weighted by atomic mass is 79.9. The summed E-state index contributed by atoms with van der Waals surface area (Å²) in [7, 11) is 0. The Kier molecular flexibility index (Phi) is 3.54. The van der Waals surface area contributed by atoms with Gasteiger partial charge >= 0.3 is 0 Å². The summed E-state index contributed by atoms with van der Waals surface area (Å²) in [5.74, 6) is 0. The van der Waals surface area contributed by atoms with E-state index in [1.807, 2.05) is 6.92 Å². The molecule has 90 valence electrons. The smallest absolute Gasteiger partial charge is 0.180 e. The van der Waals surface area contributed by atoms with E-state index in [9.17, 15) is 0 Å². The van der Waals surface area contributed by atoms with E-state index in [1.165, 1.54) is 26.0 Å². The van der Waals surface area contributed by atoms with Crippen LogP contribution >= 0.6 is 27.3 Å². The molecule has 1 aromatic heterocycles. The fraction of sp³-hybridized carbons (Fsp3) is 0.308. The third kappa shape index (κ3) is 2.69. The standard InChI is InChI=1S/C13H15BrN2S/c1-7-4-8(2)10(11(14)5-7)6-12-9(3)16-13(15)17-12/h4-5H,6H2,1-3H3,(H2,15,16). The predicted molar refractivity (Wildman–Crippen MR) is 77.7 cm³/mol. The zero-order valence-corrected chi connectivity index (χ0v) is 12.6. The van der Waals surface area contributed by atoms with Gasteiger partial charge in [-0.1, -0.05) is 22.0 Å². The number of benzene rings is 1. The van der Waals surface area contributed by atoms with Crippen LogP contribution in [0.2, 0.25) is 0 Å². The van der Waals surface area contributed by atoms with Crippen LogP contribution < -0.4 is 5.73 Å². The summed E-state index contributed by atoms with van der Waals surface area (Å²) < 4.78 is 1.17. The Morgan fingerprint density at radius 3 is 2.53 bits per heavy atom. The highest BCUT2D eigenvalue weighted by Gasteiger charge is 2.11. The average Bonchev–Trinajstić information content (AvgIpc) is 2.51. The van der Waals surface area contributed by atoms with Crippen LogP contribution in [0.1, 0.15) is 27.3 Å². The minimum Gasteiger partial charge on any atom is -0.375 e. The third-order valence-corrected chi connectivity index (χ3v) is 4.50. The quantitative estimate of drug-likeness (QED) is 0.910. The lowest BCUT2D eigenvalue weighted by molar-refractivity contribution is 1.11. The first kappa shape index (κ1) is 12.6.